The van der Waals surface area contributed by atoms with Gasteiger partial charge in [0.25, 0.3) is 0 Å². The van der Waals surface area contributed by atoms with E-state index in [0.717, 1.165) is 17.0 Å². The van der Waals surface area contributed by atoms with E-state index in [1.54, 1.807) is 4.90 Å². The number of carbonyl (C=O) groups is 1. The maximum absolute atomic E-state index is 12.3. The van der Waals surface area contributed by atoms with Crippen molar-refractivity contribution in [1.82, 2.24) is 0 Å². The lowest BCUT2D eigenvalue weighted by molar-refractivity contribution is 0.0582. The Morgan fingerprint density at radius 2 is 1.62 bits per heavy atom. The van der Waals surface area contributed by atoms with Crippen LogP contribution in [0.4, 0.5) is 10.5 Å². The summed E-state index contributed by atoms with van der Waals surface area (Å²) < 4.78 is 11.2. The molecule has 2 rings (SSSR count). The molecular formula is C20H25NO3. The van der Waals surface area contributed by atoms with Gasteiger partial charge >= 0.3 is 6.09 Å². The van der Waals surface area contributed by atoms with Gasteiger partial charge in [0.05, 0.1) is 0 Å². The van der Waals surface area contributed by atoms with Gasteiger partial charge in [-0.05, 0) is 57.5 Å². The predicted molar refractivity (Wildman–Crippen MR) is 96.5 cm³/mol. The number of anilines is 1. The van der Waals surface area contributed by atoms with Crippen molar-refractivity contribution >= 4 is 11.8 Å². The van der Waals surface area contributed by atoms with Crippen LogP contribution in [0.2, 0.25) is 0 Å². The van der Waals surface area contributed by atoms with Crippen LogP contribution in [0, 0.1) is 0 Å². The molecule has 0 aliphatic rings. The Hall–Kier alpha value is -2.49. The number of nitrogens with zero attached hydrogens (tertiary/aromatic N) is 1. The Bertz CT molecular complexity index is 645. The molecule has 4 nitrogen and oxygen atoms in total. The molecule has 0 heterocycles. The van der Waals surface area contributed by atoms with Crippen LogP contribution in [0.1, 0.15) is 33.3 Å². The van der Waals surface area contributed by atoms with Gasteiger partial charge in [-0.2, -0.15) is 0 Å². The molecule has 24 heavy (non-hydrogen) atoms. The Morgan fingerprint density at radius 1 is 1.00 bits per heavy atom. The molecule has 0 unspecified atom stereocenters. The van der Waals surface area contributed by atoms with Crippen LogP contribution in [-0.2, 0) is 11.3 Å². The standard InChI is InChI=1S/C20H25NO3/c1-5-21(19(22)24-20(2,3)4)17-11-13-18(14-12-17)23-15-16-9-7-6-8-10-16/h6-14H,5,15H2,1-4H3. The fourth-order valence-corrected chi connectivity index (χ4v) is 2.20. The third-order valence-corrected chi connectivity index (χ3v) is 3.33. The third kappa shape index (κ3) is 5.30. The molecule has 0 aliphatic heterocycles. The summed E-state index contributed by atoms with van der Waals surface area (Å²) in [5, 5.41) is 0. The normalized spacial score (nSPS) is 11.0. The highest BCUT2D eigenvalue weighted by Gasteiger charge is 2.22. The quantitative estimate of drug-likeness (QED) is 0.773. The summed E-state index contributed by atoms with van der Waals surface area (Å²) in [4.78, 5) is 13.9. The van der Waals surface area contributed by atoms with Crippen molar-refractivity contribution in [3.63, 3.8) is 0 Å². The number of rotatable bonds is 5. The van der Waals surface area contributed by atoms with Gasteiger partial charge in [0, 0.05) is 12.2 Å². The SMILES string of the molecule is CCN(C(=O)OC(C)(C)C)c1ccc(OCc2ccccc2)cc1. The number of carbonyl (C=O) groups excluding carboxylic acids is 1. The van der Waals surface area contributed by atoms with E-state index in [-0.39, 0.29) is 6.09 Å². The number of ether oxygens (including phenoxy) is 2. The van der Waals surface area contributed by atoms with Crippen LogP contribution in [0.25, 0.3) is 0 Å². The van der Waals surface area contributed by atoms with Gasteiger partial charge in [-0.1, -0.05) is 30.3 Å². The second-order valence-corrected chi connectivity index (χ2v) is 6.49. The number of amides is 1. The molecule has 0 saturated carbocycles. The van der Waals surface area contributed by atoms with Crippen molar-refractivity contribution < 1.29 is 14.3 Å². The lowest BCUT2D eigenvalue weighted by Crippen LogP contribution is -2.36. The van der Waals surface area contributed by atoms with E-state index in [0.29, 0.717) is 13.2 Å². The summed E-state index contributed by atoms with van der Waals surface area (Å²) in [5.41, 5.74) is 1.40. The molecule has 2 aromatic carbocycles. The largest absolute Gasteiger partial charge is 0.489 e. The first-order valence-electron chi connectivity index (χ1n) is 8.16. The summed E-state index contributed by atoms with van der Waals surface area (Å²) in [6.45, 7) is 8.56. The summed E-state index contributed by atoms with van der Waals surface area (Å²) in [6.07, 6.45) is -0.344. The van der Waals surface area contributed by atoms with E-state index in [4.69, 9.17) is 9.47 Å². The molecule has 0 fully saturated rings. The zero-order chi connectivity index (χ0) is 17.6. The van der Waals surface area contributed by atoms with Crippen molar-refractivity contribution in [2.45, 2.75) is 39.9 Å². The van der Waals surface area contributed by atoms with Crippen LogP contribution in [-0.4, -0.2) is 18.2 Å². The second-order valence-electron chi connectivity index (χ2n) is 6.49. The van der Waals surface area contributed by atoms with Crippen LogP contribution in [0.3, 0.4) is 0 Å². The maximum Gasteiger partial charge on any atom is 0.414 e. The third-order valence-electron chi connectivity index (χ3n) is 3.33. The zero-order valence-electron chi connectivity index (χ0n) is 14.8. The number of hydrogen-bond acceptors (Lipinski definition) is 3. The van der Waals surface area contributed by atoms with E-state index < -0.39 is 5.60 Å². The minimum absolute atomic E-state index is 0.344. The van der Waals surface area contributed by atoms with Gasteiger partial charge in [-0.25, -0.2) is 4.79 Å². The molecule has 0 N–H and O–H groups in total. The first kappa shape index (κ1) is 17.9. The number of hydrogen-bond donors (Lipinski definition) is 0. The molecule has 0 atom stereocenters. The fraction of sp³-hybridized carbons (Fsp3) is 0.350. The van der Waals surface area contributed by atoms with Gasteiger partial charge in [-0.15, -0.1) is 0 Å². The zero-order valence-corrected chi connectivity index (χ0v) is 14.8. The minimum Gasteiger partial charge on any atom is -0.489 e. The molecular weight excluding hydrogens is 302 g/mol. The van der Waals surface area contributed by atoms with Gasteiger partial charge in [0.2, 0.25) is 0 Å². The van der Waals surface area contributed by atoms with E-state index in [9.17, 15) is 4.79 Å². The molecule has 2 aromatic rings. The van der Waals surface area contributed by atoms with Gasteiger partial charge in [0.1, 0.15) is 18.0 Å². The summed E-state index contributed by atoms with van der Waals surface area (Å²) >= 11 is 0. The average Bonchev–Trinajstić information content (AvgIpc) is 2.54. The topological polar surface area (TPSA) is 38.8 Å². The summed E-state index contributed by atoms with van der Waals surface area (Å²) in [5.74, 6) is 0.767. The Kier molecular flexibility index (Phi) is 5.85. The monoisotopic (exact) mass is 327 g/mol. The van der Waals surface area contributed by atoms with Gasteiger partial charge in [0.15, 0.2) is 0 Å². The number of benzene rings is 2. The maximum atomic E-state index is 12.3. The lowest BCUT2D eigenvalue weighted by Gasteiger charge is -2.26. The molecule has 4 heteroatoms. The van der Waals surface area contributed by atoms with Crippen molar-refractivity contribution in [2.75, 3.05) is 11.4 Å². The van der Waals surface area contributed by atoms with E-state index in [1.807, 2.05) is 82.3 Å². The second kappa shape index (κ2) is 7.86. The highest BCUT2D eigenvalue weighted by molar-refractivity contribution is 5.87. The molecule has 0 aromatic heterocycles. The van der Waals surface area contributed by atoms with Gasteiger partial charge in [-0.3, -0.25) is 4.90 Å². The Labute approximate surface area is 144 Å². The Balaban J connectivity index is 2.00. The minimum atomic E-state index is -0.511. The highest BCUT2D eigenvalue weighted by atomic mass is 16.6. The van der Waals surface area contributed by atoms with E-state index in [2.05, 4.69) is 0 Å². The average molecular weight is 327 g/mol. The molecule has 0 bridgehead atoms. The van der Waals surface area contributed by atoms with Crippen LogP contribution >= 0.6 is 0 Å². The Morgan fingerprint density at radius 3 is 2.17 bits per heavy atom. The van der Waals surface area contributed by atoms with E-state index in [1.165, 1.54) is 0 Å². The predicted octanol–water partition coefficient (Wildman–Crippen LogP) is 5.03. The lowest BCUT2D eigenvalue weighted by atomic mass is 10.2. The smallest absolute Gasteiger partial charge is 0.414 e. The fourth-order valence-electron chi connectivity index (χ4n) is 2.20. The molecule has 0 radical (unpaired) electrons. The molecule has 128 valence electrons. The van der Waals surface area contributed by atoms with Crippen LogP contribution in [0.5, 0.6) is 5.75 Å². The summed E-state index contributed by atoms with van der Waals surface area (Å²) in [6, 6.07) is 17.5. The van der Waals surface area contributed by atoms with E-state index >= 15 is 0 Å². The highest BCUT2D eigenvalue weighted by Crippen LogP contribution is 2.22. The molecule has 1 amide bonds. The first-order valence-corrected chi connectivity index (χ1v) is 8.16. The molecule has 0 saturated heterocycles. The summed E-state index contributed by atoms with van der Waals surface area (Å²) in [7, 11) is 0. The van der Waals surface area contributed by atoms with Crippen molar-refractivity contribution in [3.05, 3.63) is 60.2 Å². The molecule has 0 aliphatic carbocycles. The van der Waals surface area contributed by atoms with Crippen LogP contribution < -0.4 is 9.64 Å². The van der Waals surface area contributed by atoms with Crippen molar-refractivity contribution in [1.29, 1.82) is 0 Å². The van der Waals surface area contributed by atoms with Crippen molar-refractivity contribution in [3.8, 4) is 5.75 Å². The van der Waals surface area contributed by atoms with Crippen molar-refractivity contribution in [2.24, 2.45) is 0 Å². The molecule has 0 spiro atoms. The first-order chi connectivity index (χ1) is 11.4. The van der Waals surface area contributed by atoms with Gasteiger partial charge < -0.3 is 9.47 Å². The van der Waals surface area contributed by atoms with Crippen LogP contribution in [0.15, 0.2) is 54.6 Å².